The van der Waals surface area contributed by atoms with Crippen molar-refractivity contribution >= 4 is 5.69 Å². The van der Waals surface area contributed by atoms with Gasteiger partial charge < -0.3 is 5.73 Å². The van der Waals surface area contributed by atoms with E-state index in [4.69, 9.17) is 5.73 Å². The minimum atomic E-state index is -0.586. The van der Waals surface area contributed by atoms with Crippen LogP contribution in [0, 0.1) is 11.6 Å². The fraction of sp³-hybridized carbons (Fsp3) is 0.250. The van der Waals surface area contributed by atoms with Crippen molar-refractivity contribution in [2.24, 2.45) is 0 Å². The number of benzene rings is 2. The molecule has 3 heteroatoms. The summed E-state index contributed by atoms with van der Waals surface area (Å²) in [5.74, 6) is -1.17. The quantitative estimate of drug-likeness (QED) is 0.751. The highest BCUT2D eigenvalue weighted by molar-refractivity contribution is 5.74. The largest absolute Gasteiger partial charge is 0.398 e. The Kier molecular flexibility index (Phi) is 3.31. The van der Waals surface area contributed by atoms with Crippen LogP contribution in [0.3, 0.4) is 0 Å². The van der Waals surface area contributed by atoms with Crippen LogP contribution >= 0.6 is 0 Å². The molecule has 0 spiro atoms. The molecule has 0 heterocycles. The van der Waals surface area contributed by atoms with Crippen molar-refractivity contribution < 1.29 is 8.78 Å². The zero-order valence-corrected chi connectivity index (χ0v) is 11.3. The van der Waals surface area contributed by atoms with E-state index in [-0.39, 0.29) is 5.41 Å². The molecular formula is C16H17F2N. The Morgan fingerprint density at radius 1 is 0.947 bits per heavy atom. The number of rotatable bonds is 1. The van der Waals surface area contributed by atoms with E-state index in [9.17, 15) is 8.78 Å². The molecule has 19 heavy (non-hydrogen) atoms. The molecule has 2 N–H and O–H groups in total. The summed E-state index contributed by atoms with van der Waals surface area (Å²) >= 11 is 0. The summed E-state index contributed by atoms with van der Waals surface area (Å²) in [4.78, 5) is 0. The van der Waals surface area contributed by atoms with E-state index >= 15 is 0 Å². The summed E-state index contributed by atoms with van der Waals surface area (Å²) in [6, 6.07) is 8.96. The normalized spacial score (nSPS) is 11.6. The van der Waals surface area contributed by atoms with Crippen molar-refractivity contribution in [3.8, 4) is 11.1 Å². The van der Waals surface area contributed by atoms with Gasteiger partial charge in [0.1, 0.15) is 11.6 Å². The Morgan fingerprint density at radius 2 is 1.53 bits per heavy atom. The summed E-state index contributed by atoms with van der Waals surface area (Å²) < 4.78 is 26.7. The topological polar surface area (TPSA) is 26.0 Å². The highest BCUT2D eigenvalue weighted by Crippen LogP contribution is 2.37. The molecule has 0 saturated heterocycles. The van der Waals surface area contributed by atoms with Gasteiger partial charge in [0.15, 0.2) is 0 Å². The van der Waals surface area contributed by atoms with Crippen molar-refractivity contribution in [3.63, 3.8) is 0 Å². The molecule has 1 nitrogen and oxygen atoms in total. The molecule has 0 aromatic heterocycles. The molecule has 0 atom stereocenters. The van der Waals surface area contributed by atoms with E-state index in [1.54, 1.807) is 12.1 Å². The minimum absolute atomic E-state index is 0.205. The summed E-state index contributed by atoms with van der Waals surface area (Å²) in [5.41, 5.74) is 8.64. The summed E-state index contributed by atoms with van der Waals surface area (Å²) in [6.45, 7) is 6.08. The van der Waals surface area contributed by atoms with Crippen LogP contribution in [0.15, 0.2) is 36.4 Å². The van der Waals surface area contributed by atoms with Crippen LogP contribution in [0.5, 0.6) is 0 Å². The lowest BCUT2D eigenvalue weighted by Crippen LogP contribution is -2.15. The Balaban J connectivity index is 2.72. The lowest BCUT2D eigenvalue weighted by molar-refractivity contribution is 0.582. The molecule has 2 aromatic rings. The van der Waals surface area contributed by atoms with Gasteiger partial charge in [-0.3, -0.25) is 0 Å². The molecule has 0 saturated carbocycles. The first-order valence-electron chi connectivity index (χ1n) is 6.14. The number of halogens is 2. The van der Waals surface area contributed by atoms with E-state index < -0.39 is 11.6 Å². The Labute approximate surface area is 112 Å². The molecule has 0 aliphatic heterocycles. The average molecular weight is 261 g/mol. The molecule has 0 aliphatic rings. The first-order chi connectivity index (χ1) is 8.79. The van der Waals surface area contributed by atoms with Crippen molar-refractivity contribution in [3.05, 3.63) is 53.6 Å². The summed E-state index contributed by atoms with van der Waals surface area (Å²) in [5, 5.41) is 0. The minimum Gasteiger partial charge on any atom is -0.398 e. The van der Waals surface area contributed by atoms with E-state index in [0.717, 1.165) is 17.2 Å². The van der Waals surface area contributed by atoms with E-state index in [2.05, 4.69) is 0 Å². The lowest BCUT2D eigenvalue weighted by Gasteiger charge is -2.25. The molecule has 0 fully saturated rings. The number of anilines is 1. The van der Waals surface area contributed by atoms with Crippen LogP contribution in [0.1, 0.15) is 26.3 Å². The molecule has 0 unspecified atom stereocenters. The number of hydrogen-bond acceptors (Lipinski definition) is 1. The molecule has 2 aromatic carbocycles. The third-order valence-corrected chi connectivity index (χ3v) is 3.02. The van der Waals surface area contributed by atoms with Crippen molar-refractivity contribution in [1.29, 1.82) is 0 Å². The van der Waals surface area contributed by atoms with Crippen LogP contribution < -0.4 is 5.73 Å². The summed E-state index contributed by atoms with van der Waals surface area (Å²) in [6.07, 6.45) is 0. The number of nitrogen functional groups attached to an aromatic ring is 1. The number of nitrogens with two attached hydrogens (primary N) is 1. The lowest BCUT2D eigenvalue weighted by atomic mass is 9.80. The van der Waals surface area contributed by atoms with Gasteiger partial charge in [-0.05, 0) is 40.3 Å². The van der Waals surface area contributed by atoms with Gasteiger partial charge >= 0.3 is 0 Å². The fourth-order valence-corrected chi connectivity index (χ4v) is 2.36. The highest BCUT2D eigenvalue weighted by Gasteiger charge is 2.21. The predicted molar refractivity (Wildman–Crippen MR) is 74.9 cm³/mol. The van der Waals surface area contributed by atoms with Gasteiger partial charge in [0.05, 0.1) is 0 Å². The maximum absolute atomic E-state index is 13.4. The highest BCUT2D eigenvalue weighted by atomic mass is 19.1. The Bertz CT molecular complexity index is 592. The molecule has 100 valence electrons. The van der Waals surface area contributed by atoms with E-state index in [0.29, 0.717) is 11.3 Å². The molecular weight excluding hydrogens is 244 g/mol. The molecule has 0 bridgehead atoms. The zero-order valence-electron chi connectivity index (χ0n) is 11.3. The molecule has 0 amide bonds. The van der Waals surface area contributed by atoms with Gasteiger partial charge in [0.2, 0.25) is 0 Å². The molecule has 0 aliphatic carbocycles. The third kappa shape index (κ3) is 2.75. The smallest absolute Gasteiger partial charge is 0.126 e. The first-order valence-corrected chi connectivity index (χ1v) is 6.14. The van der Waals surface area contributed by atoms with Gasteiger partial charge in [-0.25, -0.2) is 8.78 Å². The molecule has 0 radical (unpaired) electrons. The van der Waals surface area contributed by atoms with E-state index in [1.165, 1.54) is 12.1 Å². The first kappa shape index (κ1) is 13.5. The van der Waals surface area contributed by atoms with Crippen LogP contribution in [0.2, 0.25) is 0 Å². The fourth-order valence-electron chi connectivity index (χ4n) is 2.36. The van der Waals surface area contributed by atoms with Crippen LogP contribution in [0.25, 0.3) is 11.1 Å². The number of hydrogen-bond donors (Lipinski definition) is 1. The SMILES string of the molecule is CC(C)(C)c1c(N)cccc1-c1cc(F)cc(F)c1. The van der Waals surface area contributed by atoms with E-state index in [1.807, 2.05) is 26.8 Å². The average Bonchev–Trinajstić information content (AvgIpc) is 2.25. The van der Waals surface area contributed by atoms with Crippen LogP contribution in [0.4, 0.5) is 14.5 Å². The van der Waals surface area contributed by atoms with Crippen LogP contribution in [-0.2, 0) is 5.41 Å². The second-order valence-corrected chi connectivity index (χ2v) is 5.68. The van der Waals surface area contributed by atoms with Crippen LogP contribution in [-0.4, -0.2) is 0 Å². The zero-order chi connectivity index (χ0) is 14.2. The standard InChI is InChI=1S/C16H17F2N/c1-16(2,3)15-13(5-4-6-14(15)19)10-7-11(17)9-12(18)8-10/h4-9H,19H2,1-3H3. The van der Waals surface area contributed by atoms with Gasteiger partial charge in [-0.1, -0.05) is 32.9 Å². The van der Waals surface area contributed by atoms with Gasteiger partial charge in [0, 0.05) is 11.8 Å². The van der Waals surface area contributed by atoms with Gasteiger partial charge in [-0.15, -0.1) is 0 Å². The monoisotopic (exact) mass is 261 g/mol. The maximum Gasteiger partial charge on any atom is 0.126 e. The van der Waals surface area contributed by atoms with Crippen molar-refractivity contribution in [2.75, 3.05) is 5.73 Å². The molecule has 2 rings (SSSR count). The van der Waals surface area contributed by atoms with Crippen molar-refractivity contribution in [1.82, 2.24) is 0 Å². The van der Waals surface area contributed by atoms with Gasteiger partial charge in [0.25, 0.3) is 0 Å². The Morgan fingerprint density at radius 3 is 2.05 bits per heavy atom. The second-order valence-electron chi connectivity index (χ2n) is 5.68. The van der Waals surface area contributed by atoms with Gasteiger partial charge in [-0.2, -0.15) is 0 Å². The predicted octanol–water partition coefficient (Wildman–Crippen LogP) is 4.51. The Hall–Kier alpha value is -1.90. The second kappa shape index (κ2) is 4.65. The summed E-state index contributed by atoms with van der Waals surface area (Å²) in [7, 11) is 0. The van der Waals surface area contributed by atoms with Crippen molar-refractivity contribution in [2.45, 2.75) is 26.2 Å². The third-order valence-electron chi connectivity index (χ3n) is 3.02. The maximum atomic E-state index is 13.4.